The number of alkyl halides is 3. The molecule has 0 radical (unpaired) electrons. The van der Waals surface area contributed by atoms with Gasteiger partial charge in [0.25, 0.3) is 0 Å². The number of aliphatic hydroxyl groups is 1. The van der Waals surface area contributed by atoms with Crippen molar-refractivity contribution in [3.05, 3.63) is 29.6 Å². The molecule has 6 heteroatoms. The third-order valence-electron chi connectivity index (χ3n) is 3.39. The van der Waals surface area contributed by atoms with Crippen LogP contribution in [-0.4, -0.2) is 16.1 Å². The molecule has 1 heterocycles. The molecule has 18 heavy (non-hydrogen) atoms. The van der Waals surface area contributed by atoms with E-state index in [0.717, 1.165) is 24.9 Å². The normalized spacial score (nSPS) is 29.3. The molecule has 1 aromatic heterocycles. The molecule has 100 valence electrons. The second kappa shape index (κ2) is 4.51. The molecule has 1 saturated carbocycles. The number of nitrogens with two attached hydrogens (primary N) is 1. The van der Waals surface area contributed by atoms with Gasteiger partial charge < -0.3 is 10.8 Å². The van der Waals surface area contributed by atoms with Gasteiger partial charge in [0, 0.05) is 24.0 Å². The predicted molar refractivity (Wildman–Crippen MR) is 59.6 cm³/mol. The van der Waals surface area contributed by atoms with E-state index in [0.29, 0.717) is 6.42 Å². The van der Waals surface area contributed by atoms with Gasteiger partial charge in [0.15, 0.2) is 0 Å². The maximum atomic E-state index is 12.9. The second-order valence-corrected chi connectivity index (χ2v) is 4.81. The minimum Gasteiger partial charge on any atom is -0.385 e. The van der Waals surface area contributed by atoms with Crippen LogP contribution in [-0.2, 0) is 11.8 Å². The van der Waals surface area contributed by atoms with Crippen LogP contribution >= 0.6 is 0 Å². The van der Waals surface area contributed by atoms with E-state index in [1.165, 1.54) is 0 Å². The van der Waals surface area contributed by atoms with Crippen molar-refractivity contribution in [2.75, 3.05) is 0 Å². The summed E-state index contributed by atoms with van der Waals surface area (Å²) >= 11 is 0. The van der Waals surface area contributed by atoms with Crippen molar-refractivity contribution in [2.24, 2.45) is 5.73 Å². The monoisotopic (exact) mass is 260 g/mol. The second-order valence-electron chi connectivity index (χ2n) is 4.81. The van der Waals surface area contributed by atoms with Crippen LogP contribution in [0.4, 0.5) is 13.2 Å². The van der Waals surface area contributed by atoms with Crippen LogP contribution in [0.15, 0.2) is 18.5 Å². The Balaban J connectivity index is 2.44. The molecule has 0 bridgehead atoms. The van der Waals surface area contributed by atoms with Crippen LogP contribution < -0.4 is 5.73 Å². The van der Waals surface area contributed by atoms with E-state index < -0.39 is 17.3 Å². The van der Waals surface area contributed by atoms with E-state index in [1.54, 1.807) is 0 Å². The SMILES string of the molecule is NC1CCCC(O)(c2cnccc2C(F)(F)F)C1. The summed E-state index contributed by atoms with van der Waals surface area (Å²) in [4.78, 5) is 3.70. The maximum Gasteiger partial charge on any atom is 0.416 e. The maximum absolute atomic E-state index is 12.9. The van der Waals surface area contributed by atoms with E-state index in [4.69, 9.17) is 5.73 Å². The Morgan fingerprint density at radius 3 is 2.78 bits per heavy atom. The fourth-order valence-electron chi connectivity index (χ4n) is 2.55. The van der Waals surface area contributed by atoms with Gasteiger partial charge in [-0.15, -0.1) is 0 Å². The highest BCUT2D eigenvalue weighted by molar-refractivity contribution is 5.32. The molecule has 0 spiro atoms. The predicted octanol–water partition coefficient (Wildman–Crippen LogP) is 2.19. The first-order chi connectivity index (χ1) is 8.33. The molecule has 0 amide bonds. The molecule has 3 N–H and O–H groups in total. The standard InChI is InChI=1S/C12H15F3N2O/c13-12(14,15)9-3-5-17-7-10(9)11(18)4-1-2-8(16)6-11/h3,5,7-8,18H,1-2,4,6,16H2. The fraction of sp³-hybridized carbons (Fsp3) is 0.583. The largest absolute Gasteiger partial charge is 0.416 e. The van der Waals surface area contributed by atoms with Crippen molar-refractivity contribution in [1.29, 1.82) is 0 Å². The number of hydrogen-bond donors (Lipinski definition) is 2. The van der Waals surface area contributed by atoms with Crippen LogP contribution in [0.1, 0.15) is 36.8 Å². The molecule has 0 saturated heterocycles. The Morgan fingerprint density at radius 1 is 1.44 bits per heavy atom. The molecule has 0 aromatic carbocycles. The lowest BCUT2D eigenvalue weighted by atomic mass is 9.76. The lowest BCUT2D eigenvalue weighted by Gasteiger charge is -2.36. The van der Waals surface area contributed by atoms with Gasteiger partial charge in [0.05, 0.1) is 11.2 Å². The van der Waals surface area contributed by atoms with Crippen molar-refractivity contribution >= 4 is 0 Å². The highest BCUT2D eigenvalue weighted by Crippen LogP contribution is 2.42. The van der Waals surface area contributed by atoms with Gasteiger partial charge in [-0.2, -0.15) is 13.2 Å². The third kappa shape index (κ3) is 2.49. The summed E-state index contributed by atoms with van der Waals surface area (Å²) in [5.41, 5.74) is 3.24. The molecule has 3 nitrogen and oxygen atoms in total. The Labute approximate surface area is 103 Å². The van der Waals surface area contributed by atoms with Crippen LogP contribution in [0.3, 0.4) is 0 Å². The van der Waals surface area contributed by atoms with Crippen molar-refractivity contribution in [3.63, 3.8) is 0 Å². The summed E-state index contributed by atoms with van der Waals surface area (Å²) in [7, 11) is 0. The summed E-state index contributed by atoms with van der Waals surface area (Å²) in [6.45, 7) is 0. The zero-order valence-electron chi connectivity index (χ0n) is 9.74. The van der Waals surface area contributed by atoms with Crippen molar-refractivity contribution in [3.8, 4) is 0 Å². The molecule has 2 rings (SSSR count). The van der Waals surface area contributed by atoms with Crippen molar-refractivity contribution < 1.29 is 18.3 Å². The zero-order valence-corrected chi connectivity index (χ0v) is 9.74. The number of halogens is 3. The number of hydrogen-bond acceptors (Lipinski definition) is 3. The molecule has 1 aromatic rings. The van der Waals surface area contributed by atoms with Crippen LogP contribution in [0.5, 0.6) is 0 Å². The topological polar surface area (TPSA) is 59.1 Å². The highest BCUT2D eigenvalue weighted by atomic mass is 19.4. The molecule has 1 aliphatic carbocycles. The molecule has 2 unspecified atom stereocenters. The Kier molecular flexibility index (Phi) is 3.33. The quantitative estimate of drug-likeness (QED) is 0.813. The van der Waals surface area contributed by atoms with Crippen molar-refractivity contribution in [2.45, 2.75) is 43.5 Å². The Hall–Kier alpha value is -1.14. The summed E-state index contributed by atoms with van der Waals surface area (Å²) in [5.74, 6) is 0. The van der Waals surface area contributed by atoms with E-state index in [9.17, 15) is 18.3 Å². The Bertz CT molecular complexity index is 436. The van der Waals surface area contributed by atoms with E-state index in [1.807, 2.05) is 0 Å². The smallest absolute Gasteiger partial charge is 0.385 e. The van der Waals surface area contributed by atoms with Gasteiger partial charge in [-0.3, -0.25) is 4.98 Å². The minimum absolute atomic E-state index is 0.141. The Morgan fingerprint density at radius 2 is 2.17 bits per heavy atom. The number of pyridine rings is 1. The molecule has 0 aliphatic heterocycles. The molecular formula is C12H15F3N2O. The van der Waals surface area contributed by atoms with Crippen LogP contribution in [0.2, 0.25) is 0 Å². The first-order valence-electron chi connectivity index (χ1n) is 5.82. The lowest BCUT2D eigenvalue weighted by molar-refractivity contribution is -0.141. The zero-order chi connectivity index (χ0) is 13.4. The first kappa shape index (κ1) is 13.3. The van der Waals surface area contributed by atoms with E-state index >= 15 is 0 Å². The molecular weight excluding hydrogens is 245 g/mol. The molecule has 1 aliphatic rings. The summed E-state index contributed by atoms with van der Waals surface area (Å²) in [6.07, 6.45) is -0.542. The summed E-state index contributed by atoms with van der Waals surface area (Å²) < 4.78 is 38.7. The first-order valence-corrected chi connectivity index (χ1v) is 5.82. The van der Waals surface area contributed by atoms with Gasteiger partial charge in [0.1, 0.15) is 0 Å². The lowest BCUT2D eigenvalue weighted by Crippen LogP contribution is -2.40. The van der Waals surface area contributed by atoms with Crippen LogP contribution in [0, 0.1) is 0 Å². The van der Waals surface area contributed by atoms with E-state index in [-0.39, 0.29) is 24.4 Å². The summed E-state index contributed by atoms with van der Waals surface area (Å²) in [6, 6.07) is 0.623. The molecule has 1 fully saturated rings. The average molecular weight is 260 g/mol. The number of aromatic nitrogens is 1. The van der Waals surface area contributed by atoms with Crippen molar-refractivity contribution in [1.82, 2.24) is 4.98 Å². The minimum atomic E-state index is -4.49. The van der Waals surface area contributed by atoms with E-state index in [2.05, 4.69) is 4.98 Å². The summed E-state index contributed by atoms with van der Waals surface area (Å²) in [5, 5.41) is 10.4. The average Bonchev–Trinajstić information content (AvgIpc) is 2.27. The highest BCUT2D eigenvalue weighted by Gasteiger charge is 2.42. The van der Waals surface area contributed by atoms with Gasteiger partial charge in [0.2, 0.25) is 0 Å². The fourth-order valence-corrected chi connectivity index (χ4v) is 2.55. The van der Waals surface area contributed by atoms with Gasteiger partial charge >= 0.3 is 6.18 Å². The number of rotatable bonds is 1. The van der Waals surface area contributed by atoms with Gasteiger partial charge in [-0.05, 0) is 31.7 Å². The van der Waals surface area contributed by atoms with Gasteiger partial charge in [-0.1, -0.05) is 0 Å². The molecule has 2 atom stereocenters. The van der Waals surface area contributed by atoms with Crippen LogP contribution in [0.25, 0.3) is 0 Å². The third-order valence-corrected chi connectivity index (χ3v) is 3.39. The van der Waals surface area contributed by atoms with Gasteiger partial charge in [-0.25, -0.2) is 0 Å². The number of nitrogens with zero attached hydrogens (tertiary/aromatic N) is 1.